The number of aliphatic hydroxyl groups is 1. The molecule has 19 heavy (non-hydrogen) atoms. The Hall–Kier alpha value is -1.80. The predicted molar refractivity (Wildman–Crippen MR) is 69.3 cm³/mol. The third-order valence-corrected chi connectivity index (χ3v) is 2.63. The van der Waals surface area contributed by atoms with Crippen molar-refractivity contribution in [3.05, 3.63) is 17.9 Å². The van der Waals surface area contributed by atoms with Crippen molar-refractivity contribution in [2.45, 2.75) is 13.3 Å². The molecule has 2 rings (SSSR count). The molecule has 0 aromatic carbocycles. The minimum absolute atomic E-state index is 0.0953. The topological polar surface area (TPSA) is 92.8 Å². The Bertz CT molecular complexity index is 519. The lowest BCUT2D eigenvalue weighted by molar-refractivity contribution is 0.289. The second-order valence-electron chi connectivity index (χ2n) is 3.70. The molecule has 2 heterocycles. The van der Waals surface area contributed by atoms with Gasteiger partial charge in [-0.25, -0.2) is 4.98 Å². The van der Waals surface area contributed by atoms with Gasteiger partial charge in [0.1, 0.15) is 12.7 Å². The van der Waals surface area contributed by atoms with Gasteiger partial charge in [0.25, 0.3) is 5.95 Å². The Balaban J connectivity index is 2.30. The van der Waals surface area contributed by atoms with Crippen LogP contribution in [0.1, 0.15) is 13.3 Å². The van der Waals surface area contributed by atoms with Gasteiger partial charge in [-0.05, 0) is 24.9 Å². The summed E-state index contributed by atoms with van der Waals surface area (Å²) in [5, 5.41) is 12.9. The highest BCUT2D eigenvalue weighted by Crippen LogP contribution is 2.13. The van der Waals surface area contributed by atoms with Gasteiger partial charge in [-0.3, -0.25) is 0 Å². The zero-order valence-electron chi connectivity index (χ0n) is 10.4. The van der Waals surface area contributed by atoms with Crippen molar-refractivity contribution in [3.63, 3.8) is 0 Å². The molecule has 9 heteroatoms. The van der Waals surface area contributed by atoms with Crippen molar-refractivity contribution in [1.82, 2.24) is 29.7 Å². The SMILES string of the molecule is CCN(CCCO)c1nc(Cl)nc(-n2cncn2)n1. The Morgan fingerprint density at radius 3 is 2.84 bits per heavy atom. The van der Waals surface area contributed by atoms with Gasteiger partial charge in [0.05, 0.1) is 0 Å². The number of rotatable bonds is 6. The molecule has 2 aromatic heterocycles. The van der Waals surface area contributed by atoms with Gasteiger partial charge in [0.2, 0.25) is 11.2 Å². The number of aliphatic hydroxyl groups excluding tert-OH is 1. The molecule has 0 aliphatic carbocycles. The van der Waals surface area contributed by atoms with Gasteiger partial charge < -0.3 is 10.0 Å². The summed E-state index contributed by atoms with van der Waals surface area (Å²) in [6, 6.07) is 0. The summed E-state index contributed by atoms with van der Waals surface area (Å²) < 4.78 is 1.41. The van der Waals surface area contributed by atoms with E-state index in [0.717, 1.165) is 0 Å². The van der Waals surface area contributed by atoms with Crippen molar-refractivity contribution in [3.8, 4) is 5.95 Å². The molecule has 0 atom stereocenters. The maximum absolute atomic E-state index is 8.89. The molecule has 0 fully saturated rings. The lowest BCUT2D eigenvalue weighted by Crippen LogP contribution is -2.27. The van der Waals surface area contributed by atoms with Gasteiger partial charge in [-0.1, -0.05) is 0 Å². The monoisotopic (exact) mass is 283 g/mol. The molecule has 1 N–H and O–H groups in total. The lowest BCUT2D eigenvalue weighted by atomic mass is 10.4. The summed E-state index contributed by atoms with van der Waals surface area (Å²) in [5.41, 5.74) is 0. The van der Waals surface area contributed by atoms with E-state index in [0.29, 0.717) is 31.4 Å². The number of halogens is 1. The summed E-state index contributed by atoms with van der Waals surface area (Å²) >= 11 is 5.90. The minimum atomic E-state index is 0.0953. The first-order valence-electron chi connectivity index (χ1n) is 5.87. The second kappa shape index (κ2) is 6.39. The first kappa shape index (κ1) is 13.6. The van der Waals surface area contributed by atoms with E-state index in [2.05, 4.69) is 25.0 Å². The van der Waals surface area contributed by atoms with Crippen LogP contribution in [-0.2, 0) is 0 Å². The first-order valence-corrected chi connectivity index (χ1v) is 6.24. The third kappa shape index (κ3) is 3.36. The van der Waals surface area contributed by atoms with Gasteiger partial charge in [0, 0.05) is 19.7 Å². The van der Waals surface area contributed by atoms with Crippen LogP contribution in [0.4, 0.5) is 5.95 Å². The normalized spacial score (nSPS) is 10.7. The van der Waals surface area contributed by atoms with E-state index in [9.17, 15) is 0 Å². The Kier molecular flexibility index (Phi) is 4.58. The van der Waals surface area contributed by atoms with Crippen LogP contribution in [0.2, 0.25) is 5.28 Å². The molecule has 0 spiro atoms. The molecule has 102 valence electrons. The molecular weight excluding hydrogens is 270 g/mol. The van der Waals surface area contributed by atoms with Gasteiger partial charge >= 0.3 is 0 Å². The number of nitrogens with zero attached hydrogens (tertiary/aromatic N) is 7. The van der Waals surface area contributed by atoms with Crippen LogP contribution >= 0.6 is 11.6 Å². The van der Waals surface area contributed by atoms with E-state index in [-0.39, 0.29) is 11.9 Å². The van der Waals surface area contributed by atoms with Crippen molar-refractivity contribution in [2.24, 2.45) is 0 Å². The number of hydrogen-bond donors (Lipinski definition) is 1. The maximum atomic E-state index is 8.89. The number of hydrogen-bond acceptors (Lipinski definition) is 7. The molecular formula is C10H14ClN7O. The molecule has 0 saturated heterocycles. The average Bonchev–Trinajstić information content (AvgIpc) is 2.93. The summed E-state index contributed by atoms with van der Waals surface area (Å²) in [5.74, 6) is 0.774. The molecule has 0 bridgehead atoms. The van der Waals surface area contributed by atoms with Crippen LogP contribution in [0.3, 0.4) is 0 Å². The lowest BCUT2D eigenvalue weighted by Gasteiger charge is -2.20. The maximum Gasteiger partial charge on any atom is 0.258 e. The second-order valence-corrected chi connectivity index (χ2v) is 4.04. The van der Waals surface area contributed by atoms with Crippen LogP contribution in [0.5, 0.6) is 0 Å². The fourth-order valence-electron chi connectivity index (χ4n) is 1.55. The van der Waals surface area contributed by atoms with E-state index in [1.54, 1.807) is 0 Å². The Morgan fingerprint density at radius 1 is 1.37 bits per heavy atom. The van der Waals surface area contributed by atoms with Crippen molar-refractivity contribution in [2.75, 3.05) is 24.6 Å². The van der Waals surface area contributed by atoms with Crippen molar-refractivity contribution in [1.29, 1.82) is 0 Å². The molecule has 0 aliphatic rings. The summed E-state index contributed by atoms with van der Waals surface area (Å²) in [4.78, 5) is 18.1. The zero-order valence-corrected chi connectivity index (χ0v) is 11.2. The summed E-state index contributed by atoms with van der Waals surface area (Å²) in [6.45, 7) is 3.44. The number of aromatic nitrogens is 6. The fourth-order valence-corrected chi connectivity index (χ4v) is 1.70. The van der Waals surface area contributed by atoms with E-state index >= 15 is 0 Å². The summed E-state index contributed by atoms with van der Waals surface area (Å²) in [7, 11) is 0. The molecule has 8 nitrogen and oxygen atoms in total. The third-order valence-electron chi connectivity index (χ3n) is 2.46. The molecule has 2 aromatic rings. The molecule has 0 aliphatic heterocycles. The van der Waals surface area contributed by atoms with E-state index in [1.165, 1.54) is 17.3 Å². The van der Waals surface area contributed by atoms with E-state index < -0.39 is 0 Å². The predicted octanol–water partition coefficient (Wildman–Crippen LogP) is 0.314. The molecule has 0 saturated carbocycles. The van der Waals surface area contributed by atoms with Crippen LogP contribution in [-0.4, -0.2) is 54.5 Å². The fraction of sp³-hybridized carbons (Fsp3) is 0.500. The largest absolute Gasteiger partial charge is 0.396 e. The van der Waals surface area contributed by atoms with Gasteiger partial charge in [0.15, 0.2) is 0 Å². The zero-order chi connectivity index (χ0) is 13.7. The first-order chi connectivity index (χ1) is 9.24. The highest BCUT2D eigenvalue weighted by Gasteiger charge is 2.12. The number of anilines is 1. The van der Waals surface area contributed by atoms with Crippen molar-refractivity contribution >= 4 is 17.5 Å². The van der Waals surface area contributed by atoms with Crippen LogP contribution in [0, 0.1) is 0 Å². The van der Waals surface area contributed by atoms with Gasteiger partial charge in [-0.2, -0.15) is 24.7 Å². The highest BCUT2D eigenvalue weighted by molar-refractivity contribution is 6.28. The molecule has 0 unspecified atom stereocenters. The van der Waals surface area contributed by atoms with Crippen LogP contribution < -0.4 is 4.90 Å². The van der Waals surface area contributed by atoms with E-state index in [1.807, 2.05) is 11.8 Å². The Labute approximate surface area is 115 Å². The van der Waals surface area contributed by atoms with Crippen LogP contribution in [0.25, 0.3) is 5.95 Å². The van der Waals surface area contributed by atoms with Crippen molar-refractivity contribution < 1.29 is 5.11 Å². The quantitative estimate of drug-likeness (QED) is 0.816. The smallest absolute Gasteiger partial charge is 0.258 e. The van der Waals surface area contributed by atoms with Gasteiger partial charge in [-0.15, -0.1) is 0 Å². The molecule has 0 radical (unpaired) electrons. The van der Waals surface area contributed by atoms with Crippen LogP contribution in [0.15, 0.2) is 12.7 Å². The minimum Gasteiger partial charge on any atom is -0.396 e. The standard InChI is InChI=1S/C10H14ClN7O/c1-2-17(4-3-5-19)9-14-8(11)15-10(16-9)18-7-12-6-13-18/h6-7,19H,2-5H2,1H3. The van der Waals surface area contributed by atoms with E-state index in [4.69, 9.17) is 16.7 Å². The molecule has 0 amide bonds. The highest BCUT2D eigenvalue weighted by atomic mass is 35.5. The average molecular weight is 284 g/mol. The Morgan fingerprint density at radius 2 is 2.21 bits per heavy atom. The summed E-state index contributed by atoms with van der Waals surface area (Å²) in [6.07, 6.45) is 3.51.